The van der Waals surface area contributed by atoms with E-state index in [-0.39, 0.29) is 5.41 Å². The maximum absolute atomic E-state index is 5.99. The van der Waals surface area contributed by atoms with Crippen molar-refractivity contribution in [2.75, 3.05) is 6.54 Å². The quantitative estimate of drug-likeness (QED) is 0.872. The summed E-state index contributed by atoms with van der Waals surface area (Å²) in [6.07, 6.45) is 5.12. The van der Waals surface area contributed by atoms with Crippen LogP contribution >= 0.6 is 15.9 Å². The Bertz CT molecular complexity index is 354. The topological polar surface area (TPSA) is 26.0 Å². The van der Waals surface area contributed by atoms with Gasteiger partial charge in [-0.1, -0.05) is 40.9 Å². The number of hydrogen-bond acceptors (Lipinski definition) is 1. The van der Waals surface area contributed by atoms with E-state index in [2.05, 4.69) is 41.1 Å². The zero-order valence-electron chi connectivity index (χ0n) is 9.22. The van der Waals surface area contributed by atoms with Crippen LogP contribution in [0.15, 0.2) is 22.7 Å². The van der Waals surface area contributed by atoms with E-state index >= 15 is 0 Å². The van der Waals surface area contributed by atoms with Crippen LogP contribution in [0.2, 0.25) is 0 Å². The normalized spacial score (nSPS) is 19.4. The van der Waals surface area contributed by atoms with Crippen LogP contribution in [-0.4, -0.2) is 6.54 Å². The van der Waals surface area contributed by atoms with E-state index < -0.39 is 0 Å². The molecule has 0 atom stereocenters. The maximum atomic E-state index is 5.99. The minimum absolute atomic E-state index is 0.243. The second-order valence-corrected chi connectivity index (χ2v) is 5.53. The van der Waals surface area contributed by atoms with Gasteiger partial charge in [0.05, 0.1) is 0 Å². The number of hydrogen-bond donors (Lipinski definition) is 1. The molecule has 1 aliphatic carbocycles. The van der Waals surface area contributed by atoms with Crippen LogP contribution in [0.5, 0.6) is 0 Å². The molecule has 2 heteroatoms. The Morgan fingerprint density at radius 2 is 2.00 bits per heavy atom. The monoisotopic (exact) mass is 267 g/mol. The second-order valence-electron chi connectivity index (χ2n) is 4.67. The minimum Gasteiger partial charge on any atom is -0.330 e. The Morgan fingerprint density at radius 3 is 2.53 bits per heavy atom. The van der Waals surface area contributed by atoms with E-state index in [1.165, 1.54) is 41.3 Å². The van der Waals surface area contributed by atoms with E-state index in [4.69, 9.17) is 5.73 Å². The summed E-state index contributed by atoms with van der Waals surface area (Å²) in [5.41, 5.74) is 8.94. The SMILES string of the molecule is Cc1ccc(C2(CN)CCCC2)c(Br)c1. The van der Waals surface area contributed by atoms with Crippen LogP contribution in [0.3, 0.4) is 0 Å². The lowest BCUT2D eigenvalue weighted by molar-refractivity contribution is 0.451. The zero-order valence-corrected chi connectivity index (χ0v) is 10.8. The first kappa shape index (κ1) is 11.2. The lowest BCUT2D eigenvalue weighted by Gasteiger charge is -2.29. The van der Waals surface area contributed by atoms with E-state index in [1.54, 1.807) is 0 Å². The molecule has 2 rings (SSSR count). The summed E-state index contributed by atoms with van der Waals surface area (Å²) < 4.78 is 1.23. The van der Waals surface area contributed by atoms with Crippen molar-refractivity contribution in [1.82, 2.24) is 0 Å². The maximum Gasteiger partial charge on any atom is 0.0216 e. The molecule has 0 aromatic heterocycles. The molecule has 82 valence electrons. The van der Waals surface area contributed by atoms with Gasteiger partial charge in [-0.15, -0.1) is 0 Å². The van der Waals surface area contributed by atoms with Gasteiger partial charge >= 0.3 is 0 Å². The Morgan fingerprint density at radius 1 is 1.33 bits per heavy atom. The largest absolute Gasteiger partial charge is 0.330 e. The van der Waals surface area contributed by atoms with Gasteiger partial charge in [-0.3, -0.25) is 0 Å². The second kappa shape index (κ2) is 4.26. The highest BCUT2D eigenvalue weighted by molar-refractivity contribution is 9.10. The predicted molar refractivity (Wildman–Crippen MR) is 68.1 cm³/mol. The van der Waals surface area contributed by atoms with Gasteiger partial charge in [-0.25, -0.2) is 0 Å². The highest BCUT2D eigenvalue weighted by Gasteiger charge is 2.35. The van der Waals surface area contributed by atoms with E-state index in [9.17, 15) is 0 Å². The lowest BCUT2D eigenvalue weighted by Crippen LogP contribution is -2.32. The summed E-state index contributed by atoms with van der Waals surface area (Å²) in [5, 5.41) is 0. The highest BCUT2D eigenvalue weighted by Crippen LogP contribution is 2.43. The molecule has 1 aromatic rings. The van der Waals surface area contributed by atoms with E-state index in [1.807, 2.05) is 0 Å². The molecular weight excluding hydrogens is 250 g/mol. The number of nitrogens with two attached hydrogens (primary N) is 1. The first-order valence-corrected chi connectivity index (χ1v) is 6.44. The van der Waals surface area contributed by atoms with Crippen LogP contribution in [-0.2, 0) is 5.41 Å². The first-order chi connectivity index (χ1) is 7.18. The summed E-state index contributed by atoms with van der Waals surface area (Å²) in [6, 6.07) is 6.64. The van der Waals surface area contributed by atoms with Gasteiger partial charge in [0.2, 0.25) is 0 Å². The third-order valence-electron chi connectivity index (χ3n) is 3.65. The zero-order chi connectivity index (χ0) is 10.9. The molecule has 0 aliphatic heterocycles. The average Bonchev–Trinajstić information content (AvgIpc) is 2.67. The standard InChI is InChI=1S/C13H18BrN/c1-10-4-5-11(12(14)8-10)13(9-15)6-2-3-7-13/h4-5,8H,2-3,6-7,9,15H2,1H3. The van der Waals surface area contributed by atoms with Crippen molar-refractivity contribution in [1.29, 1.82) is 0 Å². The van der Waals surface area contributed by atoms with Crippen molar-refractivity contribution in [3.63, 3.8) is 0 Å². The first-order valence-electron chi connectivity index (χ1n) is 5.65. The highest BCUT2D eigenvalue weighted by atomic mass is 79.9. The van der Waals surface area contributed by atoms with Gasteiger partial charge < -0.3 is 5.73 Å². The molecule has 0 bridgehead atoms. The number of aryl methyl sites for hydroxylation is 1. The molecule has 0 saturated heterocycles. The molecule has 0 amide bonds. The van der Waals surface area contributed by atoms with Gasteiger partial charge in [0.25, 0.3) is 0 Å². The molecule has 15 heavy (non-hydrogen) atoms. The molecule has 2 N–H and O–H groups in total. The summed E-state index contributed by atoms with van der Waals surface area (Å²) in [5.74, 6) is 0. The molecule has 1 fully saturated rings. The third-order valence-corrected chi connectivity index (χ3v) is 4.30. The summed E-state index contributed by atoms with van der Waals surface area (Å²) >= 11 is 3.68. The Hall–Kier alpha value is -0.340. The fourth-order valence-corrected chi connectivity index (χ4v) is 3.60. The van der Waals surface area contributed by atoms with Crippen LogP contribution in [0.25, 0.3) is 0 Å². The minimum atomic E-state index is 0.243. The van der Waals surface area contributed by atoms with E-state index in [0.717, 1.165) is 6.54 Å². The summed E-state index contributed by atoms with van der Waals surface area (Å²) in [7, 11) is 0. The average molecular weight is 268 g/mol. The molecule has 0 heterocycles. The fraction of sp³-hybridized carbons (Fsp3) is 0.538. The molecule has 0 unspecified atom stereocenters. The fourth-order valence-electron chi connectivity index (χ4n) is 2.69. The summed E-state index contributed by atoms with van der Waals surface area (Å²) in [6.45, 7) is 2.90. The molecule has 0 radical (unpaired) electrons. The number of rotatable bonds is 2. The smallest absolute Gasteiger partial charge is 0.0216 e. The van der Waals surface area contributed by atoms with Crippen LogP contribution in [0.1, 0.15) is 36.8 Å². The van der Waals surface area contributed by atoms with Gasteiger partial charge in [0, 0.05) is 16.4 Å². The van der Waals surface area contributed by atoms with Crippen molar-refractivity contribution >= 4 is 15.9 Å². The number of benzene rings is 1. The van der Waals surface area contributed by atoms with Gasteiger partial charge in [0.1, 0.15) is 0 Å². The molecule has 0 spiro atoms. The molecule has 1 aliphatic rings. The Balaban J connectivity index is 2.42. The van der Waals surface area contributed by atoms with Crippen molar-refractivity contribution in [2.24, 2.45) is 5.73 Å². The molecular formula is C13H18BrN. The van der Waals surface area contributed by atoms with Crippen LogP contribution in [0, 0.1) is 6.92 Å². The third kappa shape index (κ3) is 1.98. The number of halogens is 1. The van der Waals surface area contributed by atoms with Crippen molar-refractivity contribution < 1.29 is 0 Å². The van der Waals surface area contributed by atoms with Crippen molar-refractivity contribution in [3.8, 4) is 0 Å². The summed E-state index contributed by atoms with van der Waals surface area (Å²) in [4.78, 5) is 0. The van der Waals surface area contributed by atoms with Gasteiger partial charge in [0.15, 0.2) is 0 Å². The van der Waals surface area contributed by atoms with Gasteiger partial charge in [-0.05, 0) is 37.0 Å². The van der Waals surface area contributed by atoms with Crippen LogP contribution in [0.4, 0.5) is 0 Å². The van der Waals surface area contributed by atoms with Crippen molar-refractivity contribution in [3.05, 3.63) is 33.8 Å². The Kier molecular flexibility index (Phi) is 3.17. The molecule has 1 nitrogen and oxygen atoms in total. The molecule has 1 aromatic carbocycles. The Labute approximate surface area is 100 Å². The lowest BCUT2D eigenvalue weighted by atomic mass is 9.79. The van der Waals surface area contributed by atoms with Crippen LogP contribution < -0.4 is 5.73 Å². The predicted octanol–water partition coefficient (Wildman–Crippen LogP) is 3.53. The van der Waals surface area contributed by atoms with Gasteiger partial charge in [-0.2, -0.15) is 0 Å². The van der Waals surface area contributed by atoms with Crippen molar-refractivity contribution in [2.45, 2.75) is 38.0 Å². The van der Waals surface area contributed by atoms with E-state index in [0.29, 0.717) is 0 Å². The molecule has 1 saturated carbocycles.